The lowest BCUT2D eigenvalue weighted by molar-refractivity contribution is -0.130. The van der Waals surface area contributed by atoms with Gasteiger partial charge < -0.3 is 10.6 Å². The minimum absolute atomic E-state index is 0. The average molecular weight is 364 g/mol. The van der Waals surface area contributed by atoms with Crippen molar-refractivity contribution in [2.45, 2.75) is 25.2 Å². The van der Waals surface area contributed by atoms with Crippen LogP contribution in [0.3, 0.4) is 0 Å². The molecule has 3 N–H and O–H groups in total. The molecule has 0 spiro atoms. The summed E-state index contributed by atoms with van der Waals surface area (Å²) in [5, 5.41) is 0. The van der Waals surface area contributed by atoms with Crippen molar-refractivity contribution in [1.82, 2.24) is 9.62 Å². The van der Waals surface area contributed by atoms with Gasteiger partial charge in [-0.05, 0) is 24.1 Å². The largest absolute Gasteiger partial charge is 0.345 e. The number of amides is 1. The number of rotatable bonds is 8. The van der Waals surface area contributed by atoms with Crippen LogP contribution in [-0.4, -0.2) is 45.9 Å². The molecule has 1 amide bonds. The molecule has 0 aliphatic carbocycles. The minimum atomic E-state index is -3.56. The third kappa shape index (κ3) is 7.30. The molecule has 1 aromatic rings. The van der Waals surface area contributed by atoms with Gasteiger partial charge >= 0.3 is 0 Å². The second-order valence-electron chi connectivity index (χ2n) is 6.08. The van der Waals surface area contributed by atoms with Crippen LogP contribution in [0.2, 0.25) is 0 Å². The first-order chi connectivity index (χ1) is 10.2. The van der Waals surface area contributed by atoms with E-state index in [9.17, 15) is 13.2 Å². The van der Waals surface area contributed by atoms with Crippen molar-refractivity contribution in [2.75, 3.05) is 26.7 Å². The smallest absolute Gasteiger partial charge is 0.240 e. The summed E-state index contributed by atoms with van der Waals surface area (Å²) in [6, 6.07) is 8.08. The van der Waals surface area contributed by atoms with E-state index in [0.29, 0.717) is 13.1 Å². The maximum Gasteiger partial charge on any atom is 0.240 e. The Morgan fingerprint density at radius 2 is 1.83 bits per heavy atom. The molecule has 23 heavy (non-hydrogen) atoms. The number of hydrogen-bond acceptors (Lipinski definition) is 4. The van der Waals surface area contributed by atoms with E-state index in [4.69, 9.17) is 5.73 Å². The highest BCUT2D eigenvalue weighted by molar-refractivity contribution is 7.89. The fourth-order valence-corrected chi connectivity index (χ4v) is 3.01. The Labute approximate surface area is 144 Å². The highest BCUT2D eigenvalue weighted by Crippen LogP contribution is 2.14. The lowest BCUT2D eigenvalue weighted by atomic mass is 9.93. The van der Waals surface area contributed by atoms with Gasteiger partial charge in [-0.15, -0.1) is 12.4 Å². The Morgan fingerprint density at radius 3 is 2.35 bits per heavy atom. The molecule has 8 heteroatoms. The summed E-state index contributed by atoms with van der Waals surface area (Å²) in [6.45, 7) is 5.05. The molecule has 0 fully saturated rings. The molecule has 0 aliphatic rings. The van der Waals surface area contributed by atoms with Crippen LogP contribution >= 0.6 is 12.4 Å². The van der Waals surface area contributed by atoms with Crippen molar-refractivity contribution in [2.24, 2.45) is 11.1 Å². The molecular weight excluding hydrogens is 338 g/mol. The van der Waals surface area contributed by atoms with Crippen LogP contribution in [0.1, 0.15) is 20.3 Å². The van der Waals surface area contributed by atoms with E-state index in [1.54, 1.807) is 30.1 Å². The van der Waals surface area contributed by atoms with E-state index in [2.05, 4.69) is 4.72 Å². The van der Waals surface area contributed by atoms with Gasteiger partial charge in [0.05, 0.1) is 4.90 Å². The van der Waals surface area contributed by atoms with Crippen LogP contribution in [0, 0.1) is 5.41 Å². The van der Waals surface area contributed by atoms with E-state index >= 15 is 0 Å². The number of nitrogens with one attached hydrogen (secondary N) is 1. The summed E-state index contributed by atoms with van der Waals surface area (Å²) in [6.07, 6.45) is 0.114. The lowest BCUT2D eigenvalue weighted by Gasteiger charge is -2.29. The summed E-state index contributed by atoms with van der Waals surface area (Å²) >= 11 is 0. The molecule has 0 unspecified atom stereocenters. The van der Waals surface area contributed by atoms with Crippen LogP contribution in [0.25, 0.3) is 0 Å². The molecule has 1 aromatic carbocycles. The van der Waals surface area contributed by atoms with Gasteiger partial charge in [0.15, 0.2) is 0 Å². The van der Waals surface area contributed by atoms with E-state index < -0.39 is 10.0 Å². The summed E-state index contributed by atoms with van der Waals surface area (Å²) in [4.78, 5) is 13.8. The van der Waals surface area contributed by atoms with Gasteiger partial charge in [0.2, 0.25) is 15.9 Å². The molecule has 0 saturated carbocycles. The molecule has 0 atom stereocenters. The molecular formula is C15H26ClN3O3S. The average Bonchev–Trinajstić information content (AvgIpc) is 2.47. The Balaban J connectivity index is 0.00000484. The Kier molecular flexibility index (Phi) is 8.76. The van der Waals surface area contributed by atoms with E-state index in [0.717, 1.165) is 0 Å². The highest BCUT2D eigenvalue weighted by Gasteiger charge is 2.21. The SMILES string of the molecule is CN(CC(C)(C)CN)C(=O)CCNS(=O)(=O)c1ccccc1.Cl. The van der Waals surface area contributed by atoms with Crippen molar-refractivity contribution in [3.8, 4) is 0 Å². The van der Waals surface area contributed by atoms with Gasteiger partial charge in [-0.25, -0.2) is 13.1 Å². The van der Waals surface area contributed by atoms with Crippen LogP contribution < -0.4 is 10.5 Å². The standard InChI is InChI=1S/C15H25N3O3S.ClH/c1-15(2,11-16)12-18(3)14(19)9-10-17-22(20,21)13-7-5-4-6-8-13;/h4-8,17H,9-12,16H2,1-3H3;1H. The third-order valence-electron chi connectivity index (χ3n) is 3.33. The number of carbonyl (C=O) groups excluding carboxylic acids is 1. The number of carbonyl (C=O) groups is 1. The number of halogens is 1. The van der Waals surface area contributed by atoms with Gasteiger partial charge in [-0.3, -0.25) is 4.79 Å². The summed E-state index contributed by atoms with van der Waals surface area (Å²) < 4.78 is 26.5. The van der Waals surface area contributed by atoms with E-state index in [-0.39, 0.29) is 41.6 Å². The van der Waals surface area contributed by atoms with Crippen LogP contribution in [0.4, 0.5) is 0 Å². The van der Waals surface area contributed by atoms with Crippen LogP contribution in [-0.2, 0) is 14.8 Å². The molecule has 0 aromatic heterocycles. The molecule has 1 rings (SSSR count). The van der Waals surface area contributed by atoms with Crippen molar-refractivity contribution >= 4 is 28.3 Å². The Hall–Kier alpha value is -1.15. The maximum absolute atomic E-state index is 12.0. The second-order valence-corrected chi connectivity index (χ2v) is 7.85. The van der Waals surface area contributed by atoms with Gasteiger partial charge in [-0.2, -0.15) is 0 Å². The van der Waals surface area contributed by atoms with Gasteiger partial charge in [0.25, 0.3) is 0 Å². The van der Waals surface area contributed by atoms with E-state index in [1.807, 2.05) is 13.8 Å². The molecule has 132 valence electrons. The van der Waals surface area contributed by atoms with Crippen molar-refractivity contribution in [3.05, 3.63) is 30.3 Å². The predicted octanol–water partition coefficient (Wildman–Crippen LogP) is 1.22. The number of sulfonamides is 1. The first-order valence-corrected chi connectivity index (χ1v) is 8.65. The van der Waals surface area contributed by atoms with Gasteiger partial charge in [0.1, 0.15) is 0 Å². The Morgan fingerprint density at radius 1 is 1.26 bits per heavy atom. The van der Waals surface area contributed by atoms with Crippen LogP contribution in [0.5, 0.6) is 0 Å². The summed E-state index contributed by atoms with van der Waals surface area (Å²) in [5.41, 5.74) is 5.49. The number of nitrogens with two attached hydrogens (primary N) is 1. The third-order valence-corrected chi connectivity index (χ3v) is 4.80. The predicted molar refractivity (Wildman–Crippen MR) is 94.0 cm³/mol. The lowest BCUT2D eigenvalue weighted by Crippen LogP contribution is -2.40. The fourth-order valence-electron chi connectivity index (χ4n) is 1.96. The van der Waals surface area contributed by atoms with Crippen molar-refractivity contribution in [1.29, 1.82) is 0 Å². The van der Waals surface area contributed by atoms with Gasteiger partial charge in [0, 0.05) is 26.6 Å². The maximum atomic E-state index is 12.0. The van der Waals surface area contributed by atoms with E-state index in [1.165, 1.54) is 12.1 Å². The monoisotopic (exact) mass is 363 g/mol. The molecule has 0 radical (unpaired) electrons. The van der Waals surface area contributed by atoms with Gasteiger partial charge in [-0.1, -0.05) is 32.0 Å². The molecule has 0 saturated heterocycles. The molecule has 6 nitrogen and oxygen atoms in total. The first-order valence-electron chi connectivity index (χ1n) is 7.17. The zero-order valence-corrected chi connectivity index (χ0v) is 15.4. The highest BCUT2D eigenvalue weighted by atomic mass is 35.5. The number of nitrogens with zero attached hydrogens (tertiary/aromatic N) is 1. The van der Waals surface area contributed by atoms with Crippen molar-refractivity contribution in [3.63, 3.8) is 0 Å². The van der Waals surface area contributed by atoms with Crippen LogP contribution in [0.15, 0.2) is 35.2 Å². The zero-order chi connectivity index (χ0) is 16.8. The fraction of sp³-hybridized carbons (Fsp3) is 0.533. The van der Waals surface area contributed by atoms with Crippen molar-refractivity contribution < 1.29 is 13.2 Å². The normalized spacial score (nSPS) is 11.7. The summed E-state index contributed by atoms with van der Waals surface area (Å²) in [5.74, 6) is -0.114. The summed E-state index contributed by atoms with van der Waals surface area (Å²) in [7, 11) is -1.86. The minimum Gasteiger partial charge on any atom is -0.345 e. The topological polar surface area (TPSA) is 92.5 Å². The Bertz CT molecular complexity index is 591. The zero-order valence-electron chi connectivity index (χ0n) is 13.8. The number of benzene rings is 1. The number of hydrogen-bond donors (Lipinski definition) is 2. The molecule has 0 heterocycles. The second kappa shape index (κ2) is 9.22. The first kappa shape index (κ1) is 21.9. The molecule has 0 aliphatic heterocycles. The quantitative estimate of drug-likeness (QED) is 0.726. The molecule has 0 bridgehead atoms.